The van der Waals surface area contributed by atoms with Crippen molar-refractivity contribution in [1.29, 1.82) is 0 Å². The van der Waals surface area contributed by atoms with E-state index >= 15 is 0 Å². The summed E-state index contributed by atoms with van der Waals surface area (Å²) in [6, 6.07) is 7.94. The minimum Gasteiger partial charge on any atom is -0.477 e. The second-order valence-electron chi connectivity index (χ2n) is 3.79. The lowest BCUT2D eigenvalue weighted by Crippen LogP contribution is -2.24. The number of rotatable bonds is 2. The highest BCUT2D eigenvalue weighted by Gasteiger charge is 2.12. The fourth-order valence-corrected chi connectivity index (χ4v) is 1.87. The first-order valence-corrected chi connectivity index (χ1v) is 5.60. The van der Waals surface area contributed by atoms with Crippen molar-refractivity contribution < 1.29 is 9.90 Å². The van der Waals surface area contributed by atoms with E-state index in [0.717, 1.165) is 5.56 Å². The van der Waals surface area contributed by atoms with Gasteiger partial charge in [-0.2, -0.15) is 0 Å². The van der Waals surface area contributed by atoms with Gasteiger partial charge in [0.2, 0.25) is 0 Å². The van der Waals surface area contributed by atoms with Crippen LogP contribution >= 0.6 is 11.6 Å². The number of aromatic carboxylic acids is 1. The van der Waals surface area contributed by atoms with Gasteiger partial charge in [0.05, 0.1) is 5.69 Å². The van der Waals surface area contributed by atoms with Crippen molar-refractivity contribution >= 4 is 17.6 Å². The van der Waals surface area contributed by atoms with Crippen LogP contribution in [0.25, 0.3) is 5.69 Å². The smallest absolute Gasteiger partial charge is 0.341 e. The molecule has 92 valence electrons. The van der Waals surface area contributed by atoms with Crippen molar-refractivity contribution in [2.45, 2.75) is 6.92 Å². The normalized spacial score (nSPS) is 10.3. The Balaban J connectivity index is 2.73. The van der Waals surface area contributed by atoms with Gasteiger partial charge >= 0.3 is 5.97 Å². The third-order valence-electron chi connectivity index (χ3n) is 2.68. The molecule has 0 saturated carbocycles. The maximum atomic E-state index is 12.0. The average molecular weight is 264 g/mol. The Bertz CT molecular complexity index is 676. The summed E-state index contributed by atoms with van der Waals surface area (Å²) in [5.74, 6) is -1.24. The Morgan fingerprint density at radius 2 is 2.00 bits per heavy atom. The van der Waals surface area contributed by atoms with Crippen LogP contribution in [0.2, 0.25) is 5.02 Å². The molecule has 1 aromatic heterocycles. The van der Waals surface area contributed by atoms with Crippen molar-refractivity contribution in [3.8, 4) is 5.69 Å². The number of benzene rings is 1. The number of pyridine rings is 1. The topological polar surface area (TPSA) is 59.3 Å². The zero-order chi connectivity index (χ0) is 13.3. The number of hydrogen-bond donors (Lipinski definition) is 1. The molecule has 0 spiro atoms. The summed E-state index contributed by atoms with van der Waals surface area (Å²) in [4.78, 5) is 22.9. The number of halogens is 1. The van der Waals surface area contributed by atoms with Crippen LogP contribution < -0.4 is 5.56 Å². The fourth-order valence-electron chi connectivity index (χ4n) is 1.70. The van der Waals surface area contributed by atoms with E-state index in [2.05, 4.69) is 0 Å². The summed E-state index contributed by atoms with van der Waals surface area (Å²) >= 11 is 5.99. The molecule has 0 saturated heterocycles. The minimum absolute atomic E-state index is 0.267. The van der Waals surface area contributed by atoms with E-state index in [1.807, 2.05) is 0 Å². The number of hydrogen-bond acceptors (Lipinski definition) is 2. The van der Waals surface area contributed by atoms with Crippen LogP contribution in [0, 0.1) is 6.92 Å². The molecule has 2 rings (SSSR count). The van der Waals surface area contributed by atoms with Gasteiger partial charge in [0.25, 0.3) is 5.56 Å². The maximum absolute atomic E-state index is 12.0. The lowest BCUT2D eigenvalue weighted by molar-refractivity contribution is 0.0694. The zero-order valence-corrected chi connectivity index (χ0v) is 10.3. The summed E-state index contributed by atoms with van der Waals surface area (Å²) in [6.07, 6.45) is 1.52. The van der Waals surface area contributed by atoms with Crippen LogP contribution in [0.3, 0.4) is 0 Å². The van der Waals surface area contributed by atoms with E-state index < -0.39 is 11.5 Å². The summed E-state index contributed by atoms with van der Waals surface area (Å²) in [5.41, 5.74) is 0.464. The molecule has 18 heavy (non-hydrogen) atoms. The van der Waals surface area contributed by atoms with Crippen LogP contribution in [-0.2, 0) is 0 Å². The lowest BCUT2D eigenvalue weighted by Gasteiger charge is -2.10. The number of carbonyl (C=O) groups is 1. The number of nitrogens with zero attached hydrogens (tertiary/aromatic N) is 1. The SMILES string of the molecule is Cc1c(Cl)cccc1-n1cccc(C(=O)O)c1=O. The van der Waals surface area contributed by atoms with Crippen molar-refractivity contribution in [3.63, 3.8) is 0 Å². The standard InChI is InChI=1S/C13H10ClNO3/c1-8-10(14)5-2-6-11(8)15-7-3-4-9(12(15)16)13(17)18/h2-7H,1H3,(H,17,18). The Labute approximate surface area is 108 Å². The lowest BCUT2D eigenvalue weighted by atomic mass is 10.2. The van der Waals surface area contributed by atoms with E-state index in [0.29, 0.717) is 10.7 Å². The molecule has 1 aromatic carbocycles. The average Bonchev–Trinajstić information content (AvgIpc) is 2.33. The van der Waals surface area contributed by atoms with Crippen molar-refractivity contribution in [2.24, 2.45) is 0 Å². The van der Waals surface area contributed by atoms with E-state index in [1.165, 1.54) is 22.9 Å². The number of carboxylic acid groups (broad SMARTS) is 1. The Hall–Kier alpha value is -2.07. The monoisotopic (exact) mass is 263 g/mol. The summed E-state index contributed by atoms with van der Waals surface area (Å²) in [6.45, 7) is 1.78. The fraction of sp³-hybridized carbons (Fsp3) is 0.0769. The zero-order valence-electron chi connectivity index (χ0n) is 9.55. The molecule has 1 N–H and O–H groups in total. The molecule has 0 radical (unpaired) electrons. The highest BCUT2D eigenvalue weighted by atomic mass is 35.5. The molecule has 0 aliphatic carbocycles. The predicted octanol–water partition coefficient (Wildman–Crippen LogP) is 2.50. The second-order valence-corrected chi connectivity index (χ2v) is 4.19. The van der Waals surface area contributed by atoms with Crippen molar-refractivity contribution in [1.82, 2.24) is 4.57 Å². The Morgan fingerprint density at radius 3 is 2.67 bits per heavy atom. The van der Waals surface area contributed by atoms with Crippen molar-refractivity contribution in [2.75, 3.05) is 0 Å². The van der Waals surface area contributed by atoms with E-state index in [9.17, 15) is 9.59 Å². The van der Waals surface area contributed by atoms with Crippen LogP contribution in [0.15, 0.2) is 41.3 Å². The van der Waals surface area contributed by atoms with Gasteiger partial charge in [-0.1, -0.05) is 17.7 Å². The molecule has 1 heterocycles. The molecule has 4 nitrogen and oxygen atoms in total. The van der Waals surface area contributed by atoms with Crippen LogP contribution in [0.5, 0.6) is 0 Å². The van der Waals surface area contributed by atoms with Gasteiger partial charge in [-0.15, -0.1) is 0 Å². The first-order chi connectivity index (χ1) is 8.52. The van der Waals surface area contributed by atoms with Crippen LogP contribution in [-0.4, -0.2) is 15.6 Å². The van der Waals surface area contributed by atoms with Gasteiger partial charge in [0, 0.05) is 11.2 Å². The number of aromatic nitrogens is 1. The van der Waals surface area contributed by atoms with E-state index in [1.54, 1.807) is 25.1 Å². The quantitative estimate of drug-likeness (QED) is 0.906. The molecule has 0 aliphatic heterocycles. The highest BCUT2D eigenvalue weighted by molar-refractivity contribution is 6.31. The Morgan fingerprint density at radius 1 is 1.28 bits per heavy atom. The van der Waals surface area contributed by atoms with Crippen molar-refractivity contribution in [3.05, 3.63) is 63.0 Å². The third kappa shape index (κ3) is 2.02. The maximum Gasteiger partial charge on any atom is 0.341 e. The summed E-state index contributed by atoms with van der Waals surface area (Å²) < 4.78 is 1.28. The van der Waals surface area contributed by atoms with Gasteiger partial charge in [-0.3, -0.25) is 9.36 Å². The summed E-state index contributed by atoms with van der Waals surface area (Å²) in [5, 5.41) is 9.45. The first kappa shape index (κ1) is 12.4. The molecule has 0 aliphatic rings. The molecule has 2 aromatic rings. The molecular formula is C13H10ClNO3. The molecule has 0 amide bonds. The van der Waals surface area contributed by atoms with Crippen LogP contribution in [0.1, 0.15) is 15.9 Å². The highest BCUT2D eigenvalue weighted by Crippen LogP contribution is 2.20. The third-order valence-corrected chi connectivity index (χ3v) is 3.09. The molecule has 0 unspecified atom stereocenters. The molecule has 0 atom stereocenters. The van der Waals surface area contributed by atoms with Gasteiger partial charge < -0.3 is 5.11 Å². The summed E-state index contributed by atoms with van der Waals surface area (Å²) in [7, 11) is 0. The molecule has 0 fully saturated rings. The number of carboxylic acids is 1. The van der Waals surface area contributed by atoms with Gasteiger partial charge in [0.15, 0.2) is 0 Å². The van der Waals surface area contributed by atoms with Gasteiger partial charge in [-0.05, 0) is 36.8 Å². The van der Waals surface area contributed by atoms with Crippen LogP contribution in [0.4, 0.5) is 0 Å². The van der Waals surface area contributed by atoms with Gasteiger partial charge in [-0.25, -0.2) is 4.79 Å². The molecule has 0 bridgehead atoms. The van der Waals surface area contributed by atoms with E-state index in [-0.39, 0.29) is 5.56 Å². The first-order valence-electron chi connectivity index (χ1n) is 5.23. The Kier molecular flexibility index (Phi) is 3.21. The second kappa shape index (κ2) is 4.66. The molecule has 5 heteroatoms. The predicted molar refractivity (Wildman–Crippen MR) is 68.7 cm³/mol. The minimum atomic E-state index is -1.24. The van der Waals surface area contributed by atoms with Gasteiger partial charge in [0.1, 0.15) is 5.56 Å². The van der Waals surface area contributed by atoms with E-state index in [4.69, 9.17) is 16.7 Å². The molecular weight excluding hydrogens is 254 g/mol. The largest absolute Gasteiger partial charge is 0.477 e.